The summed E-state index contributed by atoms with van der Waals surface area (Å²) in [6, 6.07) is 0.690. The molecule has 2 rings (SSSR count). The molecule has 15 heavy (non-hydrogen) atoms. The Hall–Kier alpha value is -0.0800. The second-order valence-corrected chi connectivity index (χ2v) is 5.40. The molecular formula is C13H25NO. The summed E-state index contributed by atoms with van der Waals surface area (Å²) in [4.78, 5) is 0. The van der Waals surface area contributed by atoms with E-state index in [1.54, 1.807) is 0 Å². The number of rotatable bonds is 4. The zero-order chi connectivity index (χ0) is 10.5. The first-order chi connectivity index (χ1) is 7.34. The van der Waals surface area contributed by atoms with E-state index < -0.39 is 0 Å². The van der Waals surface area contributed by atoms with Crippen LogP contribution >= 0.6 is 0 Å². The first-order valence-electron chi connectivity index (χ1n) is 6.76. The van der Waals surface area contributed by atoms with E-state index in [1.165, 1.54) is 51.5 Å². The van der Waals surface area contributed by atoms with Gasteiger partial charge in [-0.2, -0.15) is 0 Å². The molecule has 2 heteroatoms. The van der Waals surface area contributed by atoms with Gasteiger partial charge in [0.1, 0.15) is 0 Å². The Balaban J connectivity index is 1.53. The van der Waals surface area contributed by atoms with Gasteiger partial charge in [0, 0.05) is 6.04 Å². The molecule has 0 saturated heterocycles. The van der Waals surface area contributed by atoms with Gasteiger partial charge in [-0.3, -0.25) is 0 Å². The largest absolute Gasteiger partial charge is 0.393 e. The van der Waals surface area contributed by atoms with Crippen LogP contribution in [0.5, 0.6) is 0 Å². The van der Waals surface area contributed by atoms with Crippen LogP contribution in [0, 0.1) is 5.92 Å². The van der Waals surface area contributed by atoms with Gasteiger partial charge in [-0.1, -0.05) is 25.7 Å². The van der Waals surface area contributed by atoms with Gasteiger partial charge in [-0.05, 0) is 44.6 Å². The van der Waals surface area contributed by atoms with Crippen LogP contribution in [0.1, 0.15) is 57.8 Å². The summed E-state index contributed by atoms with van der Waals surface area (Å²) in [7, 11) is 0. The van der Waals surface area contributed by atoms with Gasteiger partial charge in [0.25, 0.3) is 0 Å². The number of hydrogen-bond acceptors (Lipinski definition) is 2. The lowest BCUT2D eigenvalue weighted by Crippen LogP contribution is -2.35. The number of hydrogen-bond donors (Lipinski definition) is 2. The van der Waals surface area contributed by atoms with E-state index in [2.05, 4.69) is 5.32 Å². The molecule has 0 aromatic rings. The second kappa shape index (κ2) is 5.86. The third-order valence-electron chi connectivity index (χ3n) is 4.16. The van der Waals surface area contributed by atoms with Crippen molar-refractivity contribution >= 4 is 0 Å². The van der Waals surface area contributed by atoms with Crippen molar-refractivity contribution in [2.24, 2.45) is 5.92 Å². The van der Waals surface area contributed by atoms with E-state index in [9.17, 15) is 5.11 Å². The molecule has 2 N–H and O–H groups in total. The smallest absolute Gasteiger partial charge is 0.0541 e. The summed E-state index contributed by atoms with van der Waals surface area (Å²) < 4.78 is 0. The average molecular weight is 211 g/mol. The molecule has 88 valence electrons. The van der Waals surface area contributed by atoms with Crippen molar-refractivity contribution in [1.82, 2.24) is 5.32 Å². The van der Waals surface area contributed by atoms with Gasteiger partial charge in [-0.25, -0.2) is 0 Å². The average Bonchev–Trinajstić information content (AvgIpc) is 2.74. The van der Waals surface area contributed by atoms with E-state index in [1.807, 2.05) is 0 Å². The zero-order valence-electron chi connectivity index (χ0n) is 9.75. The van der Waals surface area contributed by atoms with Gasteiger partial charge in [0.05, 0.1) is 6.10 Å². The van der Waals surface area contributed by atoms with Crippen molar-refractivity contribution in [2.45, 2.75) is 69.9 Å². The predicted molar refractivity (Wildman–Crippen MR) is 62.8 cm³/mol. The minimum atomic E-state index is -0.0158. The van der Waals surface area contributed by atoms with Crippen molar-refractivity contribution in [3.05, 3.63) is 0 Å². The molecule has 0 atom stereocenters. The summed E-state index contributed by atoms with van der Waals surface area (Å²) in [5.74, 6) is 1.01. The predicted octanol–water partition coefficient (Wildman–Crippen LogP) is 2.46. The molecule has 0 radical (unpaired) electrons. The molecule has 0 amide bonds. The van der Waals surface area contributed by atoms with Crippen molar-refractivity contribution in [1.29, 1.82) is 0 Å². The maximum Gasteiger partial charge on any atom is 0.0541 e. The number of aliphatic hydroxyl groups excluding tert-OH is 1. The molecule has 2 nitrogen and oxygen atoms in total. The zero-order valence-corrected chi connectivity index (χ0v) is 9.75. The van der Waals surface area contributed by atoms with E-state index in [0.29, 0.717) is 6.04 Å². The fraction of sp³-hybridized carbons (Fsp3) is 1.00. The standard InChI is InChI=1S/C13H25NO/c15-13-7-5-12(6-8-13)14-10-9-11-3-1-2-4-11/h11-15H,1-10H2. The Morgan fingerprint density at radius 2 is 1.60 bits per heavy atom. The lowest BCUT2D eigenvalue weighted by Gasteiger charge is -2.26. The molecule has 2 fully saturated rings. The molecule has 0 aromatic carbocycles. The number of aliphatic hydroxyl groups is 1. The molecular weight excluding hydrogens is 186 g/mol. The molecule has 0 bridgehead atoms. The SMILES string of the molecule is OC1CCC(NCCC2CCCC2)CC1. The quantitative estimate of drug-likeness (QED) is 0.748. The van der Waals surface area contributed by atoms with Crippen LogP contribution in [-0.2, 0) is 0 Å². The third kappa shape index (κ3) is 3.76. The Morgan fingerprint density at radius 1 is 0.933 bits per heavy atom. The molecule has 0 heterocycles. The van der Waals surface area contributed by atoms with Crippen LogP contribution in [0.15, 0.2) is 0 Å². The van der Waals surface area contributed by atoms with Crippen molar-refractivity contribution in [3.8, 4) is 0 Å². The first-order valence-corrected chi connectivity index (χ1v) is 6.76. The minimum absolute atomic E-state index is 0.0158. The lowest BCUT2D eigenvalue weighted by atomic mass is 9.93. The highest BCUT2D eigenvalue weighted by Gasteiger charge is 2.19. The highest BCUT2D eigenvalue weighted by atomic mass is 16.3. The summed E-state index contributed by atoms with van der Waals surface area (Å²) in [6.07, 6.45) is 11.5. The summed E-state index contributed by atoms with van der Waals surface area (Å²) >= 11 is 0. The maximum absolute atomic E-state index is 9.40. The maximum atomic E-state index is 9.40. The van der Waals surface area contributed by atoms with Crippen LogP contribution in [-0.4, -0.2) is 23.8 Å². The Morgan fingerprint density at radius 3 is 2.27 bits per heavy atom. The van der Waals surface area contributed by atoms with Gasteiger partial charge in [0.15, 0.2) is 0 Å². The van der Waals surface area contributed by atoms with E-state index in [-0.39, 0.29) is 6.10 Å². The first kappa shape index (κ1) is 11.4. The molecule has 0 aromatic heterocycles. The topological polar surface area (TPSA) is 32.3 Å². The molecule has 2 saturated carbocycles. The molecule has 0 spiro atoms. The van der Waals surface area contributed by atoms with Crippen LogP contribution in [0.25, 0.3) is 0 Å². The Kier molecular flexibility index (Phi) is 4.45. The third-order valence-corrected chi connectivity index (χ3v) is 4.16. The van der Waals surface area contributed by atoms with Gasteiger partial charge in [-0.15, -0.1) is 0 Å². The van der Waals surface area contributed by atoms with Crippen molar-refractivity contribution < 1.29 is 5.11 Å². The number of nitrogens with one attached hydrogen (secondary N) is 1. The fourth-order valence-electron chi connectivity index (χ4n) is 3.07. The van der Waals surface area contributed by atoms with Crippen LogP contribution in [0.2, 0.25) is 0 Å². The normalized spacial score (nSPS) is 33.4. The van der Waals surface area contributed by atoms with Gasteiger partial charge in [0.2, 0.25) is 0 Å². The summed E-state index contributed by atoms with van der Waals surface area (Å²) in [5, 5.41) is 13.1. The highest BCUT2D eigenvalue weighted by molar-refractivity contribution is 4.77. The van der Waals surface area contributed by atoms with Crippen molar-refractivity contribution in [3.63, 3.8) is 0 Å². The molecule has 0 aliphatic heterocycles. The molecule has 2 aliphatic rings. The lowest BCUT2D eigenvalue weighted by molar-refractivity contribution is 0.116. The second-order valence-electron chi connectivity index (χ2n) is 5.40. The van der Waals surface area contributed by atoms with E-state index >= 15 is 0 Å². The van der Waals surface area contributed by atoms with Gasteiger partial charge < -0.3 is 10.4 Å². The van der Waals surface area contributed by atoms with Crippen LogP contribution in [0.3, 0.4) is 0 Å². The van der Waals surface area contributed by atoms with E-state index in [4.69, 9.17) is 0 Å². The summed E-state index contributed by atoms with van der Waals surface area (Å²) in [5.41, 5.74) is 0. The van der Waals surface area contributed by atoms with E-state index in [0.717, 1.165) is 18.8 Å². The monoisotopic (exact) mass is 211 g/mol. The van der Waals surface area contributed by atoms with Crippen LogP contribution < -0.4 is 5.32 Å². The van der Waals surface area contributed by atoms with Crippen LogP contribution in [0.4, 0.5) is 0 Å². The molecule has 2 aliphatic carbocycles. The van der Waals surface area contributed by atoms with Gasteiger partial charge >= 0.3 is 0 Å². The summed E-state index contributed by atoms with van der Waals surface area (Å²) in [6.45, 7) is 1.20. The molecule has 0 unspecified atom stereocenters. The Bertz CT molecular complexity index is 169. The Labute approximate surface area is 93.5 Å². The highest BCUT2D eigenvalue weighted by Crippen LogP contribution is 2.27. The fourth-order valence-corrected chi connectivity index (χ4v) is 3.07. The van der Waals surface area contributed by atoms with Crippen molar-refractivity contribution in [2.75, 3.05) is 6.54 Å². The minimum Gasteiger partial charge on any atom is -0.393 e.